The topological polar surface area (TPSA) is 50.4 Å². The van der Waals surface area contributed by atoms with Crippen LogP contribution in [0.25, 0.3) is 0 Å². The standard InChI is InChI=1S/C10H20N2O2/c1-8(11-2)7-12-10(13)6-9-4-3-5-14-9/h8-9,11H,3-7H2,1-2H3,(H,12,13). The van der Waals surface area contributed by atoms with E-state index in [9.17, 15) is 4.79 Å². The number of carbonyl (C=O) groups excluding carboxylic acids is 1. The Bertz CT molecular complexity index is 179. The van der Waals surface area contributed by atoms with Gasteiger partial charge in [0.05, 0.1) is 12.5 Å². The molecule has 1 heterocycles. The summed E-state index contributed by atoms with van der Waals surface area (Å²) in [6.45, 7) is 3.53. The Labute approximate surface area is 85.4 Å². The third-order valence-electron chi connectivity index (χ3n) is 2.54. The quantitative estimate of drug-likeness (QED) is 0.670. The number of rotatable bonds is 5. The summed E-state index contributed by atoms with van der Waals surface area (Å²) in [4.78, 5) is 11.4. The molecule has 2 unspecified atom stereocenters. The van der Waals surface area contributed by atoms with E-state index in [0.29, 0.717) is 19.0 Å². The van der Waals surface area contributed by atoms with Crippen LogP contribution in [-0.2, 0) is 9.53 Å². The molecule has 1 saturated heterocycles. The summed E-state index contributed by atoms with van der Waals surface area (Å²) in [5.41, 5.74) is 0. The Morgan fingerprint density at radius 3 is 3.00 bits per heavy atom. The zero-order chi connectivity index (χ0) is 10.4. The van der Waals surface area contributed by atoms with Gasteiger partial charge in [0.15, 0.2) is 0 Å². The first kappa shape index (κ1) is 11.5. The Kier molecular flexibility index (Phi) is 4.90. The zero-order valence-corrected chi connectivity index (χ0v) is 9.01. The second-order valence-electron chi connectivity index (χ2n) is 3.83. The van der Waals surface area contributed by atoms with Crippen LogP contribution in [0.1, 0.15) is 26.2 Å². The molecule has 0 saturated carbocycles. The molecule has 2 atom stereocenters. The molecule has 0 spiro atoms. The number of hydrogen-bond donors (Lipinski definition) is 2. The average Bonchev–Trinajstić information content (AvgIpc) is 2.66. The summed E-state index contributed by atoms with van der Waals surface area (Å²) in [6, 6.07) is 0.323. The highest BCUT2D eigenvalue weighted by atomic mass is 16.5. The maximum Gasteiger partial charge on any atom is 0.222 e. The lowest BCUT2D eigenvalue weighted by molar-refractivity contribution is -0.123. The summed E-state index contributed by atoms with van der Waals surface area (Å²) in [6.07, 6.45) is 2.77. The smallest absolute Gasteiger partial charge is 0.222 e. The van der Waals surface area contributed by atoms with Crippen molar-refractivity contribution in [2.24, 2.45) is 0 Å². The van der Waals surface area contributed by atoms with E-state index in [-0.39, 0.29) is 12.0 Å². The number of ether oxygens (including phenoxy) is 1. The van der Waals surface area contributed by atoms with Crippen LogP contribution in [0.3, 0.4) is 0 Å². The van der Waals surface area contributed by atoms with Crippen molar-refractivity contribution in [3.05, 3.63) is 0 Å². The molecule has 4 heteroatoms. The number of likely N-dealkylation sites (N-methyl/N-ethyl adjacent to an activating group) is 1. The van der Waals surface area contributed by atoms with Gasteiger partial charge in [-0.3, -0.25) is 4.79 Å². The molecule has 82 valence electrons. The van der Waals surface area contributed by atoms with Crippen LogP contribution in [0.4, 0.5) is 0 Å². The summed E-state index contributed by atoms with van der Waals surface area (Å²) in [7, 11) is 1.89. The normalized spacial score (nSPS) is 23.4. The van der Waals surface area contributed by atoms with Crippen molar-refractivity contribution >= 4 is 5.91 Å². The van der Waals surface area contributed by atoms with Crippen molar-refractivity contribution in [2.45, 2.75) is 38.3 Å². The van der Waals surface area contributed by atoms with Crippen molar-refractivity contribution < 1.29 is 9.53 Å². The third kappa shape index (κ3) is 4.07. The second kappa shape index (κ2) is 5.98. The van der Waals surface area contributed by atoms with Gasteiger partial charge in [-0.25, -0.2) is 0 Å². The van der Waals surface area contributed by atoms with E-state index in [1.165, 1.54) is 0 Å². The minimum Gasteiger partial charge on any atom is -0.378 e. The van der Waals surface area contributed by atoms with Crippen LogP contribution in [0.2, 0.25) is 0 Å². The van der Waals surface area contributed by atoms with Crippen molar-refractivity contribution in [1.29, 1.82) is 0 Å². The van der Waals surface area contributed by atoms with Gasteiger partial charge >= 0.3 is 0 Å². The fraction of sp³-hybridized carbons (Fsp3) is 0.900. The largest absolute Gasteiger partial charge is 0.378 e. The van der Waals surface area contributed by atoms with Gasteiger partial charge in [-0.2, -0.15) is 0 Å². The first-order valence-electron chi connectivity index (χ1n) is 5.28. The summed E-state index contributed by atoms with van der Waals surface area (Å²) in [5.74, 6) is 0.0963. The van der Waals surface area contributed by atoms with Crippen LogP contribution in [0.5, 0.6) is 0 Å². The number of hydrogen-bond acceptors (Lipinski definition) is 3. The monoisotopic (exact) mass is 200 g/mol. The molecular formula is C10H20N2O2. The van der Waals surface area contributed by atoms with Crippen LogP contribution in [-0.4, -0.2) is 38.3 Å². The first-order valence-corrected chi connectivity index (χ1v) is 5.28. The molecule has 4 nitrogen and oxygen atoms in total. The van der Waals surface area contributed by atoms with Gasteiger partial charge in [0.25, 0.3) is 0 Å². The fourth-order valence-electron chi connectivity index (χ4n) is 1.45. The molecule has 0 aromatic heterocycles. The summed E-state index contributed by atoms with van der Waals surface area (Å²) in [5, 5.41) is 5.95. The molecule has 1 rings (SSSR count). The van der Waals surface area contributed by atoms with E-state index in [4.69, 9.17) is 4.74 Å². The summed E-state index contributed by atoms with van der Waals surface area (Å²) >= 11 is 0. The van der Waals surface area contributed by atoms with Crippen molar-refractivity contribution in [3.63, 3.8) is 0 Å². The zero-order valence-electron chi connectivity index (χ0n) is 9.01. The van der Waals surface area contributed by atoms with Gasteiger partial charge in [-0.05, 0) is 26.8 Å². The van der Waals surface area contributed by atoms with E-state index in [2.05, 4.69) is 10.6 Å². The van der Waals surface area contributed by atoms with E-state index >= 15 is 0 Å². The average molecular weight is 200 g/mol. The predicted molar refractivity (Wildman–Crippen MR) is 55.1 cm³/mol. The second-order valence-corrected chi connectivity index (χ2v) is 3.83. The minimum atomic E-state index is 0.0963. The Morgan fingerprint density at radius 2 is 2.43 bits per heavy atom. The molecule has 14 heavy (non-hydrogen) atoms. The maximum atomic E-state index is 11.4. The molecule has 1 fully saturated rings. The van der Waals surface area contributed by atoms with E-state index in [0.717, 1.165) is 19.4 Å². The van der Waals surface area contributed by atoms with Crippen LogP contribution in [0, 0.1) is 0 Å². The molecule has 0 bridgehead atoms. The Morgan fingerprint density at radius 1 is 1.64 bits per heavy atom. The van der Waals surface area contributed by atoms with Crippen LogP contribution >= 0.6 is 0 Å². The highest BCUT2D eigenvalue weighted by molar-refractivity contribution is 5.76. The van der Waals surface area contributed by atoms with E-state index in [1.807, 2.05) is 14.0 Å². The molecule has 0 aromatic carbocycles. The highest BCUT2D eigenvalue weighted by Crippen LogP contribution is 2.14. The van der Waals surface area contributed by atoms with Gasteiger partial charge in [-0.1, -0.05) is 0 Å². The van der Waals surface area contributed by atoms with Crippen molar-refractivity contribution in [1.82, 2.24) is 10.6 Å². The molecule has 0 radical (unpaired) electrons. The summed E-state index contributed by atoms with van der Waals surface area (Å²) < 4.78 is 5.38. The SMILES string of the molecule is CNC(C)CNC(=O)CC1CCCO1. The number of carbonyl (C=O) groups is 1. The van der Waals surface area contributed by atoms with Crippen molar-refractivity contribution in [2.75, 3.05) is 20.2 Å². The van der Waals surface area contributed by atoms with Crippen LogP contribution in [0.15, 0.2) is 0 Å². The van der Waals surface area contributed by atoms with Gasteiger partial charge in [0, 0.05) is 19.2 Å². The molecule has 2 N–H and O–H groups in total. The lowest BCUT2D eigenvalue weighted by Crippen LogP contribution is -2.38. The molecule has 1 aliphatic heterocycles. The van der Waals surface area contributed by atoms with Gasteiger partial charge in [-0.15, -0.1) is 0 Å². The highest BCUT2D eigenvalue weighted by Gasteiger charge is 2.18. The van der Waals surface area contributed by atoms with Gasteiger partial charge in [0.1, 0.15) is 0 Å². The van der Waals surface area contributed by atoms with Gasteiger partial charge < -0.3 is 15.4 Å². The lowest BCUT2D eigenvalue weighted by atomic mass is 10.2. The number of amides is 1. The Hall–Kier alpha value is -0.610. The molecular weight excluding hydrogens is 180 g/mol. The fourth-order valence-corrected chi connectivity index (χ4v) is 1.45. The molecule has 0 aliphatic carbocycles. The van der Waals surface area contributed by atoms with E-state index in [1.54, 1.807) is 0 Å². The predicted octanol–water partition coefficient (Wildman–Crippen LogP) is 0.280. The van der Waals surface area contributed by atoms with Crippen molar-refractivity contribution in [3.8, 4) is 0 Å². The first-order chi connectivity index (χ1) is 6.72. The lowest BCUT2D eigenvalue weighted by Gasteiger charge is -2.13. The molecule has 1 aliphatic rings. The minimum absolute atomic E-state index is 0.0963. The maximum absolute atomic E-state index is 11.4. The van der Waals surface area contributed by atoms with E-state index < -0.39 is 0 Å². The Balaban J connectivity index is 2.09. The number of nitrogens with one attached hydrogen (secondary N) is 2. The molecule has 1 amide bonds. The third-order valence-corrected chi connectivity index (χ3v) is 2.54. The van der Waals surface area contributed by atoms with Crippen LogP contribution < -0.4 is 10.6 Å². The molecule has 0 aromatic rings. The van der Waals surface area contributed by atoms with Gasteiger partial charge in [0.2, 0.25) is 5.91 Å².